The van der Waals surface area contributed by atoms with Crippen molar-refractivity contribution in [2.75, 3.05) is 6.61 Å². The van der Waals surface area contributed by atoms with Crippen LogP contribution in [-0.4, -0.2) is 22.8 Å². The largest absolute Gasteiger partial charge is 0.461 e. The second kappa shape index (κ2) is 3.44. The van der Waals surface area contributed by atoms with Crippen molar-refractivity contribution in [2.45, 2.75) is 32.6 Å². The Bertz CT molecular complexity index is 357. The number of hydrogen-bond donors (Lipinski definition) is 1. The molecule has 0 fully saturated rings. The summed E-state index contributed by atoms with van der Waals surface area (Å²) in [4.78, 5) is 11.5. The predicted octanol–water partition coefficient (Wildman–Crippen LogP) is 1.64. The van der Waals surface area contributed by atoms with Gasteiger partial charge in [-0.3, -0.25) is 5.10 Å². The van der Waals surface area contributed by atoms with Gasteiger partial charge in [-0.2, -0.15) is 5.10 Å². The molecule has 76 valence electrons. The topological polar surface area (TPSA) is 55.0 Å². The lowest BCUT2D eigenvalue weighted by molar-refractivity contribution is 0.0517. The van der Waals surface area contributed by atoms with Gasteiger partial charge in [-0.05, 0) is 25.7 Å². The maximum atomic E-state index is 11.5. The van der Waals surface area contributed by atoms with E-state index in [4.69, 9.17) is 4.74 Å². The van der Waals surface area contributed by atoms with Crippen LogP contribution >= 0.6 is 0 Å². The number of nitrogens with zero attached hydrogens (tertiary/aromatic N) is 1. The Kier molecular flexibility index (Phi) is 2.27. The van der Waals surface area contributed by atoms with Crippen molar-refractivity contribution in [2.24, 2.45) is 0 Å². The minimum absolute atomic E-state index is 0.307. The van der Waals surface area contributed by atoms with Crippen molar-refractivity contribution in [1.82, 2.24) is 10.2 Å². The van der Waals surface area contributed by atoms with E-state index in [1.165, 1.54) is 0 Å². The molecule has 1 unspecified atom stereocenters. The monoisotopic (exact) mass is 194 g/mol. The number of fused-ring (bicyclic) bond motifs is 1. The zero-order valence-electron chi connectivity index (χ0n) is 8.46. The highest BCUT2D eigenvalue weighted by atomic mass is 16.5. The summed E-state index contributed by atoms with van der Waals surface area (Å²) < 4.78 is 4.94. The highest BCUT2D eigenvalue weighted by Crippen LogP contribution is 2.33. The number of carbonyl (C=O) groups is 1. The van der Waals surface area contributed by atoms with Gasteiger partial charge in [0.2, 0.25) is 0 Å². The van der Waals surface area contributed by atoms with Crippen LogP contribution in [0.25, 0.3) is 0 Å². The highest BCUT2D eigenvalue weighted by Gasteiger charge is 2.28. The standard InChI is InChI=1S/C10H14N2O2/c1-3-14-10(13)9-8-6(2)4-5-7(8)11-12-9/h6H,3-5H2,1-2H3,(H,11,12). The smallest absolute Gasteiger partial charge is 0.359 e. The molecule has 1 atom stereocenters. The highest BCUT2D eigenvalue weighted by molar-refractivity contribution is 5.89. The second-order valence-electron chi connectivity index (χ2n) is 3.62. The number of ether oxygens (including phenoxy) is 1. The molecular formula is C10H14N2O2. The van der Waals surface area contributed by atoms with Crippen LogP contribution in [0.3, 0.4) is 0 Å². The predicted molar refractivity (Wildman–Crippen MR) is 51.3 cm³/mol. The molecule has 1 N–H and O–H groups in total. The number of H-pyrrole nitrogens is 1. The summed E-state index contributed by atoms with van der Waals surface area (Å²) in [6.45, 7) is 4.31. The lowest BCUT2D eigenvalue weighted by Gasteiger charge is -2.03. The number of esters is 1. The van der Waals surface area contributed by atoms with E-state index in [2.05, 4.69) is 17.1 Å². The molecule has 1 aliphatic rings. The quantitative estimate of drug-likeness (QED) is 0.728. The van der Waals surface area contributed by atoms with Gasteiger partial charge >= 0.3 is 5.97 Å². The molecular weight excluding hydrogens is 180 g/mol. The Morgan fingerprint density at radius 1 is 1.71 bits per heavy atom. The molecule has 2 rings (SSSR count). The summed E-state index contributed by atoms with van der Waals surface area (Å²) in [6.07, 6.45) is 2.08. The summed E-state index contributed by atoms with van der Waals surface area (Å²) in [7, 11) is 0. The van der Waals surface area contributed by atoms with Gasteiger partial charge in [0.25, 0.3) is 0 Å². The molecule has 4 nitrogen and oxygen atoms in total. The summed E-state index contributed by atoms with van der Waals surface area (Å²) >= 11 is 0. The van der Waals surface area contributed by atoms with E-state index in [0.717, 1.165) is 24.1 Å². The number of nitrogens with one attached hydrogen (secondary N) is 1. The molecule has 0 aromatic carbocycles. The molecule has 0 bridgehead atoms. The van der Waals surface area contributed by atoms with Crippen LogP contribution in [0.1, 0.15) is 47.9 Å². The van der Waals surface area contributed by atoms with E-state index < -0.39 is 0 Å². The summed E-state index contributed by atoms with van der Waals surface area (Å²) in [5.74, 6) is 0.113. The molecule has 1 aliphatic carbocycles. The fraction of sp³-hybridized carbons (Fsp3) is 0.600. The van der Waals surface area contributed by atoms with Crippen LogP contribution in [0, 0.1) is 0 Å². The van der Waals surface area contributed by atoms with Crippen LogP contribution in [0.2, 0.25) is 0 Å². The number of aromatic nitrogens is 2. The Morgan fingerprint density at radius 2 is 2.50 bits per heavy atom. The van der Waals surface area contributed by atoms with Gasteiger partial charge in [-0.1, -0.05) is 6.92 Å². The molecule has 4 heteroatoms. The number of rotatable bonds is 2. The maximum absolute atomic E-state index is 11.5. The van der Waals surface area contributed by atoms with Crippen molar-refractivity contribution >= 4 is 5.97 Å². The van der Waals surface area contributed by atoms with E-state index in [0.29, 0.717) is 18.2 Å². The number of aryl methyl sites for hydroxylation is 1. The number of aromatic amines is 1. The summed E-state index contributed by atoms with van der Waals surface area (Å²) in [6, 6.07) is 0. The van der Waals surface area contributed by atoms with E-state index in [9.17, 15) is 4.79 Å². The Labute approximate surface area is 82.7 Å². The van der Waals surface area contributed by atoms with Gasteiger partial charge in [0.15, 0.2) is 5.69 Å². The van der Waals surface area contributed by atoms with Gasteiger partial charge in [0, 0.05) is 11.3 Å². The van der Waals surface area contributed by atoms with Crippen molar-refractivity contribution < 1.29 is 9.53 Å². The van der Waals surface area contributed by atoms with Crippen LogP contribution in [-0.2, 0) is 11.2 Å². The molecule has 0 radical (unpaired) electrons. The normalized spacial score (nSPS) is 19.4. The molecule has 1 aromatic heterocycles. The van der Waals surface area contributed by atoms with Gasteiger partial charge in [-0.15, -0.1) is 0 Å². The average molecular weight is 194 g/mol. The van der Waals surface area contributed by atoms with E-state index in [1.807, 2.05) is 0 Å². The molecule has 0 aliphatic heterocycles. The maximum Gasteiger partial charge on any atom is 0.359 e. The molecule has 14 heavy (non-hydrogen) atoms. The van der Waals surface area contributed by atoms with Gasteiger partial charge in [0.05, 0.1) is 6.61 Å². The van der Waals surface area contributed by atoms with Gasteiger partial charge in [-0.25, -0.2) is 4.79 Å². The fourth-order valence-electron chi connectivity index (χ4n) is 1.97. The van der Waals surface area contributed by atoms with Crippen LogP contribution in [0.15, 0.2) is 0 Å². The van der Waals surface area contributed by atoms with Crippen LogP contribution < -0.4 is 0 Å². The fourth-order valence-corrected chi connectivity index (χ4v) is 1.97. The molecule has 0 saturated heterocycles. The van der Waals surface area contributed by atoms with Gasteiger partial charge in [0.1, 0.15) is 0 Å². The second-order valence-corrected chi connectivity index (χ2v) is 3.62. The minimum Gasteiger partial charge on any atom is -0.461 e. The first-order chi connectivity index (χ1) is 6.74. The average Bonchev–Trinajstić information content (AvgIpc) is 2.70. The van der Waals surface area contributed by atoms with E-state index in [1.54, 1.807) is 6.92 Å². The summed E-state index contributed by atoms with van der Waals surface area (Å²) in [5, 5.41) is 6.91. The van der Waals surface area contributed by atoms with Crippen molar-refractivity contribution in [3.8, 4) is 0 Å². The van der Waals surface area contributed by atoms with Crippen molar-refractivity contribution in [3.63, 3.8) is 0 Å². The third-order valence-electron chi connectivity index (χ3n) is 2.67. The molecule has 0 amide bonds. The zero-order chi connectivity index (χ0) is 10.1. The van der Waals surface area contributed by atoms with Crippen molar-refractivity contribution in [3.05, 3.63) is 17.0 Å². The van der Waals surface area contributed by atoms with E-state index >= 15 is 0 Å². The lowest BCUT2D eigenvalue weighted by Crippen LogP contribution is -2.08. The Morgan fingerprint density at radius 3 is 3.21 bits per heavy atom. The first-order valence-corrected chi connectivity index (χ1v) is 4.98. The Hall–Kier alpha value is -1.32. The van der Waals surface area contributed by atoms with Crippen LogP contribution in [0.4, 0.5) is 0 Å². The molecule has 0 saturated carbocycles. The van der Waals surface area contributed by atoms with Crippen molar-refractivity contribution in [1.29, 1.82) is 0 Å². The number of hydrogen-bond acceptors (Lipinski definition) is 3. The van der Waals surface area contributed by atoms with E-state index in [-0.39, 0.29) is 5.97 Å². The third kappa shape index (κ3) is 1.31. The minimum atomic E-state index is -0.307. The first-order valence-electron chi connectivity index (χ1n) is 4.98. The molecule has 1 heterocycles. The SMILES string of the molecule is CCOC(=O)c1n[nH]c2c1C(C)CC2. The summed E-state index contributed by atoms with van der Waals surface area (Å²) in [5.41, 5.74) is 2.64. The third-order valence-corrected chi connectivity index (χ3v) is 2.67. The Balaban J connectivity index is 2.31. The first kappa shape index (κ1) is 9.24. The van der Waals surface area contributed by atoms with Gasteiger partial charge < -0.3 is 4.74 Å². The number of carbonyl (C=O) groups excluding carboxylic acids is 1. The van der Waals surface area contributed by atoms with Crippen LogP contribution in [0.5, 0.6) is 0 Å². The molecule has 1 aromatic rings. The lowest BCUT2D eigenvalue weighted by atomic mass is 10.0. The molecule has 0 spiro atoms. The zero-order valence-corrected chi connectivity index (χ0v) is 8.46.